The third-order valence-corrected chi connectivity index (χ3v) is 2.05. The third-order valence-electron chi connectivity index (χ3n) is 1.87. The van der Waals surface area contributed by atoms with Gasteiger partial charge in [-0.15, -0.1) is 0 Å². The zero-order valence-electron chi connectivity index (χ0n) is 8.39. The van der Waals surface area contributed by atoms with Crippen LogP contribution >= 0.6 is 11.6 Å². The molecule has 0 aromatic carbocycles. The van der Waals surface area contributed by atoms with Crippen LogP contribution in [0.4, 0.5) is 10.2 Å². The van der Waals surface area contributed by atoms with E-state index < -0.39 is 11.9 Å². The molecule has 0 spiro atoms. The predicted octanol–water partition coefficient (Wildman–Crippen LogP) is 1.92. The first-order valence-electron chi connectivity index (χ1n) is 4.57. The molecule has 0 saturated heterocycles. The van der Waals surface area contributed by atoms with Crippen LogP contribution in [0.2, 0.25) is 5.28 Å². The van der Waals surface area contributed by atoms with E-state index >= 15 is 0 Å². The summed E-state index contributed by atoms with van der Waals surface area (Å²) in [6, 6.07) is 4.23. The number of carbonyl (C=O) groups is 1. The van der Waals surface area contributed by atoms with Crippen LogP contribution in [0.1, 0.15) is 10.4 Å². The van der Waals surface area contributed by atoms with Gasteiger partial charge in [-0.1, -0.05) is 0 Å². The molecule has 0 aliphatic carbocycles. The molecule has 86 valence electrons. The summed E-state index contributed by atoms with van der Waals surface area (Å²) in [5.74, 6) is -1.30. The Morgan fingerprint density at radius 1 is 1.29 bits per heavy atom. The zero-order valence-corrected chi connectivity index (χ0v) is 9.15. The van der Waals surface area contributed by atoms with Crippen LogP contribution < -0.4 is 5.32 Å². The Morgan fingerprint density at radius 2 is 2.12 bits per heavy atom. The minimum atomic E-state index is -0.842. The van der Waals surface area contributed by atoms with E-state index in [-0.39, 0.29) is 16.7 Å². The lowest BCUT2D eigenvalue weighted by Crippen LogP contribution is -2.15. The number of hydrogen-bond donors (Lipinski definition) is 1. The predicted molar refractivity (Wildman–Crippen MR) is 59.2 cm³/mol. The molecule has 1 amide bonds. The summed E-state index contributed by atoms with van der Waals surface area (Å²) >= 11 is 5.55. The molecule has 7 heteroatoms. The molecule has 2 heterocycles. The van der Waals surface area contributed by atoms with Gasteiger partial charge in [-0.25, -0.2) is 15.0 Å². The van der Waals surface area contributed by atoms with Crippen molar-refractivity contribution >= 4 is 23.3 Å². The summed E-state index contributed by atoms with van der Waals surface area (Å²) in [5.41, 5.74) is -0.165. The highest BCUT2D eigenvalue weighted by Crippen LogP contribution is 2.09. The minimum absolute atomic E-state index is 0.00513. The van der Waals surface area contributed by atoms with Crippen LogP contribution in [-0.2, 0) is 0 Å². The summed E-state index contributed by atoms with van der Waals surface area (Å²) in [7, 11) is 0. The summed E-state index contributed by atoms with van der Waals surface area (Å²) < 4.78 is 13.2. The van der Waals surface area contributed by atoms with Crippen molar-refractivity contribution in [2.75, 3.05) is 5.32 Å². The third kappa shape index (κ3) is 2.73. The number of nitrogens with zero attached hydrogens (tertiary/aromatic N) is 3. The highest BCUT2D eigenvalue weighted by Gasteiger charge is 2.12. The quantitative estimate of drug-likeness (QED) is 0.655. The van der Waals surface area contributed by atoms with Crippen molar-refractivity contribution in [2.24, 2.45) is 0 Å². The number of nitrogens with one attached hydrogen (secondary N) is 1. The van der Waals surface area contributed by atoms with Crippen LogP contribution in [0.5, 0.6) is 0 Å². The number of amides is 1. The first-order chi connectivity index (χ1) is 8.16. The topological polar surface area (TPSA) is 67.8 Å². The molecule has 2 aromatic heterocycles. The van der Waals surface area contributed by atoms with Crippen LogP contribution in [0.3, 0.4) is 0 Å². The molecule has 2 rings (SSSR count). The molecule has 0 bridgehead atoms. The maximum absolute atomic E-state index is 13.2. The molecule has 1 N–H and O–H groups in total. The number of carbonyl (C=O) groups excluding carboxylic acids is 1. The Bertz CT molecular complexity index is 564. The van der Waals surface area contributed by atoms with Crippen LogP contribution in [0, 0.1) is 5.95 Å². The Balaban J connectivity index is 2.20. The lowest BCUT2D eigenvalue weighted by Gasteiger charge is -2.04. The van der Waals surface area contributed by atoms with E-state index in [1.165, 1.54) is 30.6 Å². The van der Waals surface area contributed by atoms with Crippen LogP contribution in [-0.4, -0.2) is 20.9 Å². The lowest BCUT2D eigenvalue weighted by atomic mass is 10.2. The average molecular weight is 253 g/mol. The SMILES string of the molecule is O=C(Nc1ccnc(Cl)n1)c1cccnc1F. The Kier molecular flexibility index (Phi) is 3.24. The van der Waals surface area contributed by atoms with E-state index in [9.17, 15) is 9.18 Å². The van der Waals surface area contributed by atoms with Gasteiger partial charge in [0.25, 0.3) is 5.91 Å². The summed E-state index contributed by atoms with van der Waals surface area (Å²) in [6.45, 7) is 0. The van der Waals surface area contributed by atoms with Crippen LogP contribution in [0.25, 0.3) is 0 Å². The Labute approximate surface area is 101 Å². The van der Waals surface area contributed by atoms with Gasteiger partial charge < -0.3 is 5.32 Å². The summed E-state index contributed by atoms with van der Waals surface area (Å²) in [4.78, 5) is 22.4. The normalized spacial score (nSPS) is 10.0. The molecule has 2 aromatic rings. The van der Waals surface area contributed by atoms with Gasteiger partial charge in [-0.3, -0.25) is 4.79 Å². The van der Waals surface area contributed by atoms with Gasteiger partial charge in [0.15, 0.2) is 0 Å². The van der Waals surface area contributed by atoms with Gasteiger partial charge in [0.2, 0.25) is 11.2 Å². The van der Waals surface area contributed by atoms with Crippen molar-refractivity contribution in [1.29, 1.82) is 0 Å². The average Bonchev–Trinajstić information content (AvgIpc) is 2.29. The molecule has 5 nitrogen and oxygen atoms in total. The van der Waals surface area contributed by atoms with Crippen molar-refractivity contribution in [3.63, 3.8) is 0 Å². The highest BCUT2D eigenvalue weighted by molar-refractivity contribution is 6.28. The molecular weight excluding hydrogens is 247 g/mol. The highest BCUT2D eigenvalue weighted by atomic mass is 35.5. The zero-order chi connectivity index (χ0) is 12.3. The Hall–Kier alpha value is -2.08. The smallest absolute Gasteiger partial charge is 0.261 e. The second kappa shape index (κ2) is 4.84. The maximum Gasteiger partial charge on any atom is 0.261 e. The standard InChI is InChI=1S/C10H6ClFN4O/c11-10-14-5-3-7(16-10)15-9(17)6-2-1-4-13-8(6)12/h1-5H,(H,14,15,16,17). The first kappa shape index (κ1) is 11.4. The first-order valence-corrected chi connectivity index (χ1v) is 4.95. The van der Waals surface area contributed by atoms with E-state index in [0.717, 1.165) is 0 Å². The number of pyridine rings is 1. The van der Waals surface area contributed by atoms with E-state index in [1.54, 1.807) is 0 Å². The van der Waals surface area contributed by atoms with Crippen molar-refractivity contribution in [3.05, 3.63) is 47.4 Å². The van der Waals surface area contributed by atoms with E-state index in [0.29, 0.717) is 0 Å². The maximum atomic E-state index is 13.2. The molecule has 0 unspecified atom stereocenters. The van der Waals surface area contributed by atoms with Crippen molar-refractivity contribution < 1.29 is 9.18 Å². The van der Waals surface area contributed by atoms with Crippen molar-refractivity contribution in [1.82, 2.24) is 15.0 Å². The number of rotatable bonds is 2. The fraction of sp³-hybridized carbons (Fsp3) is 0. The minimum Gasteiger partial charge on any atom is -0.306 e. The van der Waals surface area contributed by atoms with Gasteiger partial charge in [-0.2, -0.15) is 4.39 Å². The van der Waals surface area contributed by atoms with Gasteiger partial charge in [0, 0.05) is 12.4 Å². The molecule has 17 heavy (non-hydrogen) atoms. The molecule has 0 saturated carbocycles. The fourth-order valence-electron chi connectivity index (χ4n) is 1.14. The number of anilines is 1. The van der Waals surface area contributed by atoms with Gasteiger partial charge in [-0.05, 0) is 29.8 Å². The molecular formula is C10H6ClFN4O. The molecule has 0 aliphatic heterocycles. The molecule has 0 aliphatic rings. The molecule has 0 atom stereocenters. The lowest BCUT2D eigenvalue weighted by molar-refractivity contribution is 0.102. The van der Waals surface area contributed by atoms with Gasteiger partial charge in [0.05, 0.1) is 5.56 Å². The van der Waals surface area contributed by atoms with E-state index in [1.807, 2.05) is 0 Å². The van der Waals surface area contributed by atoms with Crippen molar-refractivity contribution in [2.45, 2.75) is 0 Å². The Morgan fingerprint density at radius 3 is 2.82 bits per heavy atom. The molecule has 0 radical (unpaired) electrons. The number of halogens is 2. The van der Waals surface area contributed by atoms with Crippen LogP contribution in [0.15, 0.2) is 30.6 Å². The summed E-state index contributed by atoms with van der Waals surface area (Å²) in [6.07, 6.45) is 2.64. The number of hydrogen-bond acceptors (Lipinski definition) is 4. The van der Waals surface area contributed by atoms with Gasteiger partial charge in [0.1, 0.15) is 5.82 Å². The fourth-order valence-corrected chi connectivity index (χ4v) is 1.29. The summed E-state index contributed by atoms with van der Waals surface area (Å²) in [5, 5.41) is 2.38. The monoisotopic (exact) mass is 252 g/mol. The number of aromatic nitrogens is 3. The second-order valence-electron chi connectivity index (χ2n) is 3.01. The molecule has 0 fully saturated rings. The van der Waals surface area contributed by atoms with Crippen molar-refractivity contribution in [3.8, 4) is 0 Å². The van der Waals surface area contributed by atoms with E-state index in [2.05, 4.69) is 20.3 Å². The largest absolute Gasteiger partial charge is 0.306 e. The van der Waals surface area contributed by atoms with Gasteiger partial charge >= 0.3 is 0 Å². The second-order valence-corrected chi connectivity index (χ2v) is 3.34. The van der Waals surface area contributed by atoms with E-state index in [4.69, 9.17) is 11.6 Å².